The van der Waals surface area contributed by atoms with E-state index in [9.17, 15) is 4.39 Å². The molecule has 0 unspecified atom stereocenters. The molecule has 3 aromatic heterocycles. The van der Waals surface area contributed by atoms with Gasteiger partial charge in [-0.2, -0.15) is 0 Å². The third-order valence-corrected chi connectivity index (χ3v) is 11.0. The predicted molar refractivity (Wildman–Crippen MR) is 246 cm³/mol. The van der Waals surface area contributed by atoms with E-state index >= 15 is 4.39 Å². The van der Waals surface area contributed by atoms with Crippen molar-refractivity contribution in [2.24, 2.45) is 0 Å². The van der Waals surface area contributed by atoms with Crippen LogP contribution in [-0.2, 0) is 0 Å². The number of nitrogens with zero attached hydrogens (tertiary/aromatic N) is 7. The van der Waals surface area contributed by atoms with Crippen molar-refractivity contribution in [1.29, 1.82) is 0 Å². The summed E-state index contributed by atoms with van der Waals surface area (Å²) in [6, 6.07) is 62.9. The number of halogens is 2. The molecule has 0 aliphatic rings. The molecule has 0 amide bonds. The summed E-state index contributed by atoms with van der Waals surface area (Å²) in [5.41, 5.74) is 8.10. The quantitative estimate of drug-likeness (QED) is 0.152. The van der Waals surface area contributed by atoms with Crippen molar-refractivity contribution in [1.82, 2.24) is 34.5 Å². The molecule has 0 aliphatic heterocycles. The summed E-state index contributed by atoms with van der Waals surface area (Å²) in [6.45, 7) is 0. The molecule has 0 saturated heterocycles. The first-order chi connectivity index (χ1) is 31.0. The second-order valence-corrected chi connectivity index (χ2v) is 15.0. The maximum absolute atomic E-state index is 15.9. The summed E-state index contributed by atoms with van der Waals surface area (Å²) in [7, 11) is 0. The Kier molecular flexibility index (Phi) is 9.39. The average molecular weight is 818 g/mol. The lowest BCUT2D eigenvalue weighted by Gasteiger charge is -2.17. The Morgan fingerprint density at radius 3 is 1.19 bits per heavy atom. The molecule has 9 heteroatoms. The summed E-state index contributed by atoms with van der Waals surface area (Å²) in [4.78, 5) is 29.8. The van der Waals surface area contributed by atoms with Crippen molar-refractivity contribution in [3.05, 3.63) is 212 Å². The summed E-state index contributed by atoms with van der Waals surface area (Å²) < 4.78 is 32.5. The molecule has 7 nitrogen and oxygen atoms in total. The van der Waals surface area contributed by atoms with Gasteiger partial charge in [0.25, 0.3) is 0 Å². The molecule has 0 bridgehead atoms. The van der Waals surface area contributed by atoms with Crippen LogP contribution in [0.4, 0.5) is 8.78 Å². The van der Waals surface area contributed by atoms with Gasteiger partial charge in [0.05, 0.1) is 16.7 Å². The zero-order valence-electron chi connectivity index (χ0n) is 33.4. The molecular formula is C54H33F2N7. The van der Waals surface area contributed by atoms with Gasteiger partial charge in [0.1, 0.15) is 11.6 Å². The van der Waals surface area contributed by atoms with Crippen molar-refractivity contribution in [2.45, 2.75) is 0 Å². The molecule has 298 valence electrons. The van der Waals surface area contributed by atoms with Crippen molar-refractivity contribution in [2.75, 3.05) is 0 Å². The Hall–Kier alpha value is -8.56. The zero-order chi connectivity index (χ0) is 42.3. The maximum atomic E-state index is 15.9. The minimum atomic E-state index is -0.678. The number of benzene rings is 8. The first-order valence-corrected chi connectivity index (χ1v) is 20.4. The second-order valence-electron chi connectivity index (χ2n) is 15.0. The Labute approximate surface area is 360 Å². The van der Waals surface area contributed by atoms with Crippen molar-refractivity contribution >= 4 is 21.8 Å². The highest BCUT2D eigenvalue weighted by Gasteiger charge is 2.22. The molecule has 0 atom stereocenters. The van der Waals surface area contributed by atoms with Crippen LogP contribution in [-0.4, -0.2) is 34.5 Å². The fraction of sp³-hybridized carbons (Fsp3) is 0. The first kappa shape index (κ1) is 37.4. The maximum Gasteiger partial charge on any atom is 0.164 e. The normalized spacial score (nSPS) is 11.3. The van der Waals surface area contributed by atoms with E-state index in [0.29, 0.717) is 51.8 Å². The molecule has 0 saturated carbocycles. The van der Waals surface area contributed by atoms with Crippen LogP contribution in [0.25, 0.3) is 107 Å². The number of rotatable bonds is 8. The van der Waals surface area contributed by atoms with Crippen molar-refractivity contribution in [3.8, 4) is 85.1 Å². The molecular weight excluding hydrogens is 785 g/mol. The van der Waals surface area contributed by atoms with Gasteiger partial charge >= 0.3 is 0 Å². The summed E-state index contributed by atoms with van der Waals surface area (Å²) in [5.74, 6) is 1.79. The highest BCUT2D eigenvalue weighted by molar-refractivity contribution is 6.11. The highest BCUT2D eigenvalue weighted by Crippen LogP contribution is 2.40. The lowest BCUT2D eigenvalue weighted by Crippen LogP contribution is -2.03. The third kappa shape index (κ3) is 7.07. The Bertz CT molecular complexity index is 3350. The van der Waals surface area contributed by atoms with E-state index in [0.717, 1.165) is 55.7 Å². The number of fused-ring (bicyclic) bond motifs is 3. The Morgan fingerprint density at radius 2 is 0.698 bits per heavy atom. The van der Waals surface area contributed by atoms with Gasteiger partial charge in [-0.25, -0.2) is 38.7 Å². The van der Waals surface area contributed by atoms with Crippen LogP contribution < -0.4 is 0 Å². The van der Waals surface area contributed by atoms with Gasteiger partial charge in [-0.1, -0.05) is 152 Å². The van der Waals surface area contributed by atoms with Gasteiger partial charge in [0.15, 0.2) is 34.9 Å². The van der Waals surface area contributed by atoms with E-state index in [1.807, 2.05) is 170 Å². The predicted octanol–water partition coefficient (Wildman–Crippen LogP) is 13.1. The lowest BCUT2D eigenvalue weighted by atomic mass is 9.99. The van der Waals surface area contributed by atoms with Gasteiger partial charge in [-0.15, -0.1) is 0 Å². The van der Waals surface area contributed by atoms with Gasteiger partial charge in [0.2, 0.25) is 0 Å². The van der Waals surface area contributed by atoms with Crippen LogP contribution in [0.5, 0.6) is 0 Å². The van der Waals surface area contributed by atoms with Crippen molar-refractivity contribution in [3.63, 3.8) is 0 Å². The summed E-state index contributed by atoms with van der Waals surface area (Å²) >= 11 is 0. The molecule has 0 radical (unpaired) electrons. The van der Waals surface area contributed by atoms with Gasteiger partial charge in [-0.3, -0.25) is 0 Å². The van der Waals surface area contributed by atoms with Crippen LogP contribution in [0.15, 0.2) is 200 Å². The molecule has 8 aromatic carbocycles. The lowest BCUT2D eigenvalue weighted by molar-refractivity contribution is 0.585. The summed E-state index contributed by atoms with van der Waals surface area (Å²) in [5, 5.41) is 1.89. The smallest absolute Gasteiger partial charge is 0.164 e. The van der Waals surface area contributed by atoms with E-state index in [-0.39, 0.29) is 5.56 Å². The van der Waals surface area contributed by atoms with Crippen LogP contribution in [0.2, 0.25) is 0 Å². The molecule has 11 aromatic rings. The highest BCUT2D eigenvalue weighted by atomic mass is 19.1. The largest absolute Gasteiger partial charge is 0.309 e. The van der Waals surface area contributed by atoms with Gasteiger partial charge < -0.3 is 4.57 Å². The minimum absolute atomic E-state index is 0.248. The monoisotopic (exact) mass is 817 g/mol. The Balaban J connectivity index is 1.14. The van der Waals surface area contributed by atoms with Crippen LogP contribution in [0.1, 0.15) is 0 Å². The Morgan fingerprint density at radius 1 is 0.302 bits per heavy atom. The van der Waals surface area contributed by atoms with Crippen LogP contribution in [0, 0.1) is 11.6 Å². The average Bonchev–Trinajstić information content (AvgIpc) is 3.68. The minimum Gasteiger partial charge on any atom is -0.309 e. The molecule has 3 heterocycles. The topological polar surface area (TPSA) is 82.3 Å². The van der Waals surface area contributed by atoms with E-state index < -0.39 is 11.6 Å². The number of hydrogen-bond donors (Lipinski definition) is 0. The number of aromatic nitrogens is 7. The second kappa shape index (κ2) is 15.8. The molecule has 0 N–H and O–H groups in total. The molecule has 0 aliphatic carbocycles. The number of hydrogen-bond acceptors (Lipinski definition) is 6. The van der Waals surface area contributed by atoms with E-state index in [1.165, 1.54) is 12.1 Å². The zero-order valence-corrected chi connectivity index (χ0v) is 33.4. The molecule has 0 spiro atoms. The van der Waals surface area contributed by atoms with E-state index in [1.54, 1.807) is 0 Å². The van der Waals surface area contributed by atoms with Gasteiger partial charge in [0, 0.05) is 61.3 Å². The molecule has 63 heavy (non-hydrogen) atoms. The number of para-hydroxylation sites is 1. The van der Waals surface area contributed by atoms with Crippen molar-refractivity contribution < 1.29 is 8.78 Å². The van der Waals surface area contributed by atoms with E-state index in [2.05, 4.69) is 16.7 Å². The van der Waals surface area contributed by atoms with E-state index in [4.69, 9.17) is 29.9 Å². The standard InChI is InChI=1S/C54H33F2N7/c55-40-27-29-41(45(56)33-40)43-28-25-39(54-61-51(36-19-9-3-10-20-36)58-52(62-54)37-21-11-4-12-22-37)32-48(43)63-46-24-14-13-23-42(46)44-31-38(26-30-47(44)63)53-59-49(34-15-5-1-6-16-34)57-50(60-53)35-17-7-2-8-18-35/h1-33H. The third-order valence-electron chi connectivity index (χ3n) is 11.0. The molecule has 11 rings (SSSR count). The summed E-state index contributed by atoms with van der Waals surface area (Å²) in [6.07, 6.45) is 0. The fourth-order valence-corrected chi connectivity index (χ4v) is 8.04. The molecule has 0 fully saturated rings. The SMILES string of the molecule is Fc1ccc(-c2ccc(-c3nc(-c4ccccc4)nc(-c4ccccc4)n3)cc2-n2c3ccccc3c3cc(-c4nc(-c5ccccc5)nc(-c5ccccc5)n4)ccc32)c(F)c1. The fourth-order valence-electron chi connectivity index (χ4n) is 8.04. The van der Waals surface area contributed by atoms with Crippen LogP contribution >= 0.6 is 0 Å². The van der Waals surface area contributed by atoms with Gasteiger partial charge in [-0.05, 0) is 42.5 Å². The van der Waals surface area contributed by atoms with Crippen LogP contribution in [0.3, 0.4) is 0 Å². The first-order valence-electron chi connectivity index (χ1n) is 20.4.